The predicted octanol–water partition coefficient (Wildman–Crippen LogP) is 3.65. The Hall–Kier alpha value is -2.69. The van der Waals surface area contributed by atoms with Crippen molar-refractivity contribution in [3.05, 3.63) is 59.4 Å². The molecule has 0 aliphatic carbocycles. The molecule has 132 valence electrons. The zero-order valence-corrected chi connectivity index (χ0v) is 14.8. The highest BCUT2D eigenvalue weighted by Gasteiger charge is 2.15. The first-order valence-electron chi connectivity index (χ1n) is 8.32. The monoisotopic (exact) mass is 341 g/mol. The molecule has 0 bridgehead atoms. The molecule has 25 heavy (non-hydrogen) atoms. The first-order valence-corrected chi connectivity index (χ1v) is 8.32. The number of methoxy groups -OCH3 is 1. The summed E-state index contributed by atoms with van der Waals surface area (Å²) in [6.45, 7) is 3.70. The number of carbonyl (C=O) groups is 2. The average molecular weight is 341 g/mol. The van der Waals surface area contributed by atoms with Gasteiger partial charge < -0.3 is 9.47 Å². The Morgan fingerprint density at radius 3 is 2.60 bits per heavy atom. The molecule has 0 radical (unpaired) electrons. The fourth-order valence-electron chi connectivity index (χ4n) is 2.52. The molecule has 1 aromatic carbocycles. The molecule has 1 aromatic heterocycles. The fourth-order valence-corrected chi connectivity index (χ4v) is 2.52. The molecule has 0 spiro atoms. The van der Waals surface area contributed by atoms with Crippen LogP contribution in [0.1, 0.15) is 49.3 Å². The Kier molecular flexibility index (Phi) is 6.69. The largest absolute Gasteiger partial charge is 0.469 e. The lowest BCUT2D eigenvalue weighted by molar-refractivity contribution is -0.141. The van der Waals surface area contributed by atoms with Gasteiger partial charge in [-0.05, 0) is 47.2 Å². The maximum absolute atomic E-state index is 11.6. The molecule has 0 saturated heterocycles. The van der Waals surface area contributed by atoms with Crippen molar-refractivity contribution in [2.45, 2.75) is 39.0 Å². The van der Waals surface area contributed by atoms with Crippen LogP contribution in [0.2, 0.25) is 0 Å². The van der Waals surface area contributed by atoms with Gasteiger partial charge in [-0.15, -0.1) is 0 Å². The van der Waals surface area contributed by atoms with Crippen molar-refractivity contribution < 1.29 is 19.1 Å². The van der Waals surface area contributed by atoms with E-state index in [1.165, 1.54) is 7.11 Å². The minimum atomic E-state index is -0.287. The van der Waals surface area contributed by atoms with Crippen LogP contribution in [0.25, 0.3) is 0 Å². The van der Waals surface area contributed by atoms with E-state index in [1.807, 2.05) is 43.5 Å². The van der Waals surface area contributed by atoms with Gasteiger partial charge in [0.2, 0.25) is 0 Å². The van der Waals surface area contributed by atoms with Crippen LogP contribution in [0.3, 0.4) is 0 Å². The van der Waals surface area contributed by atoms with Crippen LogP contribution in [0.5, 0.6) is 5.75 Å². The van der Waals surface area contributed by atoms with Crippen LogP contribution in [-0.4, -0.2) is 24.0 Å². The van der Waals surface area contributed by atoms with E-state index in [0.717, 1.165) is 16.7 Å². The third kappa shape index (κ3) is 5.71. The second kappa shape index (κ2) is 8.97. The summed E-state index contributed by atoms with van der Waals surface area (Å²) >= 11 is 0. The molecule has 1 unspecified atom stereocenters. The minimum absolute atomic E-state index is 0.0413. The van der Waals surface area contributed by atoms with E-state index >= 15 is 0 Å². The highest BCUT2D eigenvalue weighted by molar-refractivity contribution is 5.72. The SMILES string of the molecule is CCC(=O)Oc1cc(Cc2cccnc2)cc(C(C)CC(=O)OC)c1. The molecular weight excluding hydrogens is 318 g/mol. The summed E-state index contributed by atoms with van der Waals surface area (Å²) < 4.78 is 10.1. The van der Waals surface area contributed by atoms with E-state index in [-0.39, 0.29) is 24.3 Å². The second-order valence-electron chi connectivity index (χ2n) is 5.96. The highest BCUT2D eigenvalue weighted by atomic mass is 16.5. The summed E-state index contributed by atoms with van der Waals surface area (Å²) in [5, 5.41) is 0. The summed E-state index contributed by atoms with van der Waals surface area (Å²) in [5.41, 5.74) is 3.00. The molecule has 1 heterocycles. The first kappa shape index (κ1) is 18.6. The second-order valence-corrected chi connectivity index (χ2v) is 5.96. The smallest absolute Gasteiger partial charge is 0.310 e. The van der Waals surface area contributed by atoms with Crippen LogP contribution >= 0.6 is 0 Å². The van der Waals surface area contributed by atoms with Gasteiger partial charge >= 0.3 is 11.9 Å². The molecule has 0 aliphatic rings. The van der Waals surface area contributed by atoms with Crippen LogP contribution in [0.15, 0.2) is 42.7 Å². The van der Waals surface area contributed by atoms with Crippen LogP contribution < -0.4 is 4.74 Å². The zero-order chi connectivity index (χ0) is 18.2. The Morgan fingerprint density at radius 1 is 1.16 bits per heavy atom. The standard InChI is InChI=1S/C20H23NO4/c1-4-19(22)25-18-11-16(9-15-6-5-7-21-13-15)10-17(12-18)14(2)8-20(23)24-3/h5-7,10-14H,4,8-9H2,1-3H3. The van der Waals surface area contributed by atoms with Crippen molar-refractivity contribution in [1.29, 1.82) is 0 Å². The molecule has 0 saturated carbocycles. The van der Waals surface area contributed by atoms with Gasteiger partial charge in [0.15, 0.2) is 0 Å². The Morgan fingerprint density at radius 2 is 1.96 bits per heavy atom. The molecule has 0 N–H and O–H groups in total. The quantitative estimate of drug-likeness (QED) is 0.568. The number of hydrogen-bond donors (Lipinski definition) is 0. The van der Waals surface area contributed by atoms with Crippen molar-refractivity contribution in [2.24, 2.45) is 0 Å². The van der Waals surface area contributed by atoms with Crippen LogP contribution in [0, 0.1) is 0 Å². The summed E-state index contributed by atoms with van der Waals surface area (Å²) in [4.78, 5) is 27.3. The van der Waals surface area contributed by atoms with Crippen molar-refractivity contribution in [1.82, 2.24) is 4.98 Å². The van der Waals surface area contributed by atoms with E-state index in [1.54, 1.807) is 13.1 Å². The van der Waals surface area contributed by atoms with Gasteiger partial charge in [0.25, 0.3) is 0 Å². The van der Waals surface area contributed by atoms with Gasteiger partial charge in [0.05, 0.1) is 13.5 Å². The number of nitrogens with zero attached hydrogens (tertiary/aromatic N) is 1. The first-order chi connectivity index (χ1) is 12.0. The van der Waals surface area contributed by atoms with E-state index in [4.69, 9.17) is 9.47 Å². The molecule has 0 aliphatic heterocycles. The average Bonchev–Trinajstić information content (AvgIpc) is 2.62. The van der Waals surface area contributed by atoms with Crippen LogP contribution in [0.4, 0.5) is 0 Å². The summed E-state index contributed by atoms with van der Waals surface area (Å²) in [6.07, 6.45) is 4.78. The number of ether oxygens (including phenoxy) is 2. The molecule has 1 atom stereocenters. The van der Waals surface area contributed by atoms with E-state index in [2.05, 4.69) is 4.98 Å². The molecular formula is C20H23NO4. The molecule has 0 fully saturated rings. The third-order valence-corrected chi connectivity index (χ3v) is 3.91. The topological polar surface area (TPSA) is 65.5 Å². The van der Waals surface area contributed by atoms with Gasteiger partial charge in [-0.2, -0.15) is 0 Å². The van der Waals surface area contributed by atoms with Gasteiger partial charge in [-0.3, -0.25) is 14.6 Å². The summed E-state index contributed by atoms with van der Waals surface area (Å²) in [7, 11) is 1.38. The number of rotatable bonds is 7. The van der Waals surface area contributed by atoms with E-state index in [0.29, 0.717) is 18.6 Å². The molecule has 2 aromatic rings. The Labute approximate surface area is 148 Å². The maximum atomic E-state index is 11.6. The van der Waals surface area contributed by atoms with Crippen molar-refractivity contribution in [2.75, 3.05) is 7.11 Å². The van der Waals surface area contributed by atoms with E-state index in [9.17, 15) is 9.59 Å². The van der Waals surface area contributed by atoms with Crippen LogP contribution in [-0.2, 0) is 20.7 Å². The van der Waals surface area contributed by atoms with Gasteiger partial charge in [0, 0.05) is 18.8 Å². The lowest BCUT2D eigenvalue weighted by Gasteiger charge is -2.15. The number of hydrogen-bond acceptors (Lipinski definition) is 5. The zero-order valence-electron chi connectivity index (χ0n) is 14.8. The van der Waals surface area contributed by atoms with Gasteiger partial charge in [-0.1, -0.05) is 26.0 Å². The van der Waals surface area contributed by atoms with Crippen molar-refractivity contribution >= 4 is 11.9 Å². The Balaban J connectivity index is 2.30. The molecule has 5 nitrogen and oxygen atoms in total. The number of carbonyl (C=O) groups excluding carboxylic acids is 2. The molecule has 2 rings (SSSR count). The maximum Gasteiger partial charge on any atom is 0.310 e. The normalized spacial score (nSPS) is 11.6. The minimum Gasteiger partial charge on any atom is -0.469 e. The van der Waals surface area contributed by atoms with Gasteiger partial charge in [0.1, 0.15) is 5.75 Å². The summed E-state index contributed by atoms with van der Waals surface area (Å²) in [5.74, 6) is -0.0947. The predicted molar refractivity (Wildman–Crippen MR) is 94.5 cm³/mol. The van der Waals surface area contributed by atoms with Gasteiger partial charge in [-0.25, -0.2) is 0 Å². The van der Waals surface area contributed by atoms with Crippen molar-refractivity contribution in [3.63, 3.8) is 0 Å². The molecule has 0 amide bonds. The lowest BCUT2D eigenvalue weighted by Crippen LogP contribution is -2.09. The fraction of sp³-hybridized carbons (Fsp3) is 0.350. The number of esters is 2. The number of pyridine rings is 1. The Bertz CT molecular complexity index is 728. The lowest BCUT2D eigenvalue weighted by atomic mass is 9.94. The number of benzene rings is 1. The summed E-state index contributed by atoms with van der Waals surface area (Å²) in [6, 6.07) is 9.58. The van der Waals surface area contributed by atoms with Crippen molar-refractivity contribution in [3.8, 4) is 5.75 Å². The number of aromatic nitrogens is 1. The third-order valence-electron chi connectivity index (χ3n) is 3.91. The highest BCUT2D eigenvalue weighted by Crippen LogP contribution is 2.27. The molecule has 5 heteroatoms. The van der Waals surface area contributed by atoms with E-state index < -0.39 is 0 Å².